The minimum atomic E-state index is -0.370. The van der Waals surface area contributed by atoms with Crippen LogP contribution in [0.15, 0.2) is 30.3 Å². The van der Waals surface area contributed by atoms with Crippen molar-refractivity contribution in [2.75, 3.05) is 0 Å². The van der Waals surface area contributed by atoms with Crippen molar-refractivity contribution in [3.05, 3.63) is 47.5 Å². The summed E-state index contributed by atoms with van der Waals surface area (Å²) in [6.45, 7) is 2.28. The molecule has 0 N–H and O–H groups in total. The van der Waals surface area contributed by atoms with E-state index in [0.29, 0.717) is 11.3 Å². The molecule has 0 aliphatic heterocycles. The molecule has 146 valence electrons. The Morgan fingerprint density at radius 2 is 1.70 bits per heavy atom. The lowest BCUT2D eigenvalue weighted by atomic mass is 9.63. The smallest absolute Gasteiger partial charge is 0.131 e. The highest BCUT2D eigenvalue weighted by molar-refractivity contribution is 5.84. The van der Waals surface area contributed by atoms with Gasteiger partial charge in [0, 0.05) is 5.39 Å². The second kappa shape index (κ2) is 8.29. The summed E-state index contributed by atoms with van der Waals surface area (Å²) < 4.78 is 28.0. The summed E-state index contributed by atoms with van der Waals surface area (Å²) in [5.74, 6) is 2.47. The molecule has 0 spiro atoms. The highest BCUT2D eigenvalue weighted by Gasteiger charge is 2.35. The Balaban J connectivity index is 1.43. The molecule has 0 heterocycles. The van der Waals surface area contributed by atoms with Gasteiger partial charge in [-0.1, -0.05) is 51.2 Å². The van der Waals surface area contributed by atoms with E-state index >= 15 is 0 Å². The fourth-order valence-electron chi connectivity index (χ4n) is 5.78. The standard InChI is InChI=1S/C25H32F2/c1-2-3-4-5-17-6-7-19-13-20(9-8-18(19)12-17)22-14-21-10-11-23(26)16-24(21)25(27)15-22/h10-11,14-20H,2-9,12-13H2,1H3. The number of rotatable bonds is 5. The number of unbranched alkanes of at least 4 members (excludes halogenated alkanes) is 2. The van der Waals surface area contributed by atoms with Crippen molar-refractivity contribution in [1.29, 1.82) is 0 Å². The fourth-order valence-corrected chi connectivity index (χ4v) is 5.78. The third-order valence-corrected chi connectivity index (χ3v) is 7.30. The summed E-state index contributed by atoms with van der Waals surface area (Å²) in [6.07, 6.45) is 13.4. The lowest BCUT2D eigenvalue weighted by molar-refractivity contribution is 0.113. The van der Waals surface area contributed by atoms with E-state index < -0.39 is 0 Å². The maximum absolute atomic E-state index is 14.5. The normalized spacial score (nSPS) is 28.3. The van der Waals surface area contributed by atoms with Gasteiger partial charge in [0.25, 0.3) is 0 Å². The number of hydrogen-bond acceptors (Lipinski definition) is 0. The molecule has 2 heteroatoms. The molecule has 0 bridgehead atoms. The molecule has 2 saturated carbocycles. The summed E-state index contributed by atoms with van der Waals surface area (Å²) in [5.41, 5.74) is 1.12. The largest absolute Gasteiger partial charge is 0.207 e. The van der Waals surface area contributed by atoms with Gasteiger partial charge in [-0.15, -0.1) is 0 Å². The van der Waals surface area contributed by atoms with E-state index in [-0.39, 0.29) is 11.6 Å². The zero-order valence-corrected chi connectivity index (χ0v) is 16.5. The van der Waals surface area contributed by atoms with Gasteiger partial charge in [0.2, 0.25) is 0 Å². The molecular formula is C25H32F2. The number of fused-ring (bicyclic) bond motifs is 2. The van der Waals surface area contributed by atoms with Crippen molar-refractivity contribution < 1.29 is 8.78 Å². The number of benzene rings is 2. The average molecular weight is 371 g/mol. The zero-order chi connectivity index (χ0) is 18.8. The quantitative estimate of drug-likeness (QED) is 0.468. The molecule has 2 aliphatic carbocycles. The highest BCUT2D eigenvalue weighted by Crippen LogP contribution is 2.48. The van der Waals surface area contributed by atoms with Crippen LogP contribution in [0, 0.1) is 29.4 Å². The van der Waals surface area contributed by atoms with Gasteiger partial charge in [0.1, 0.15) is 11.6 Å². The Labute approximate surface area is 162 Å². The Morgan fingerprint density at radius 3 is 2.56 bits per heavy atom. The molecule has 0 saturated heterocycles. The molecule has 0 aromatic heterocycles. The highest BCUT2D eigenvalue weighted by atomic mass is 19.1. The monoisotopic (exact) mass is 370 g/mol. The van der Waals surface area contributed by atoms with Gasteiger partial charge in [-0.3, -0.25) is 0 Å². The molecule has 0 radical (unpaired) electrons. The van der Waals surface area contributed by atoms with Crippen molar-refractivity contribution >= 4 is 10.8 Å². The molecule has 2 aromatic rings. The summed E-state index contributed by atoms with van der Waals surface area (Å²) in [4.78, 5) is 0. The molecule has 2 aliphatic rings. The van der Waals surface area contributed by atoms with E-state index in [2.05, 4.69) is 13.0 Å². The molecule has 4 unspecified atom stereocenters. The van der Waals surface area contributed by atoms with Gasteiger partial charge in [-0.25, -0.2) is 8.78 Å². The van der Waals surface area contributed by atoms with Gasteiger partial charge < -0.3 is 0 Å². The zero-order valence-electron chi connectivity index (χ0n) is 16.5. The van der Waals surface area contributed by atoms with Gasteiger partial charge >= 0.3 is 0 Å². The molecule has 2 aromatic carbocycles. The van der Waals surface area contributed by atoms with Crippen LogP contribution in [0.1, 0.15) is 82.6 Å². The lowest BCUT2D eigenvalue weighted by Crippen LogP contribution is -2.30. The van der Waals surface area contributed by atoms with E-state index in [0.717, 1.165) is 28.7 Å². The Kier molecular flexibility index (Phi) is 5.80. The van der Waals surface area contributed by atoms with Crippen molar-refractivity contribution in [1.82, 2.24) is 0 Å². The predicted octanol–water partition coefficient (Wildman–Crippen LogP) is 8.00. The summed E-state index contributed by atoms with van der Waals surface area (Å²) in [6, 6.07) is 8.22. The third kappa shape index (κ3) is 4.20. The van der Waals surface area contributed by atoms with Gasteiger partial charge in [-0.05, 0) is 84.9 Å². The van der Waals surface area contributed by atoms with Gasteiger partial charge in [0.05, 0.1) is 0 Å². The summed E-state index contributed by atoms with van der Waals surface area (Å²) in [7, 11) is 0. The molecule has 4 rings (SSSR count). The van der Waals surface area contributed by atoms with E-state index in [1.807, 2.05) is 0 Å². The first-order chi connectivity index (χ1) is 13.1. The molecule has 0 nitrogen and oxygen atoms in total. The lowest BCUT2D eigenvalue weighted by Gasteiger charge is -2.42. The minimum Gasteiger partial charge on any atom is -0.207 e. The van der Waals surface area contributed by atoms with Crippen LogP contribution in [0.4, 0.5) is 8.78 Å². The Morgan fingerprint density at radius 1 is 0.889 bits per heavy atom. The van der Waals surface area contributed by atoms with Crippen LogP contribution in [0.5, 0.6) is 0 Å². The molecule has 27 heavy (non-hydrogen) atoms. The van der Waals surface area contributed by atoms with Crippen molar-refractivity contribution in [2.45, 2.75) is 77.0 Å². The van der Waals surface area contributed by atoms with Crippen LogP contribution in [-0.2, 0) is 0 Å². The van der Waals surface area contributed by atoms with Gasteiger partial charge in [0.15, 0.2) is 0 Å². The molecular weight excluding hydrogens is 338 g/mol. The van der Waals surface area contributed by atoms with Crippen molar-refractivity contribution in [2.24, 2.45) is 17.8 Å². The second-order valence-electron chi connectivity index (χ2n) is 9.07. The predicted molar refractivity (Wildman–Crippen MR) is 109 cm³/mol. The van der Waals surface area contributed by atoms with Crippen molar-refractivity contribution in [3.63, 3.8) is 0 Å². The third-order valence-electron chi connectivity index (χ3n) is 7.30. The maximum Gasteiger partial charge on any atom is 0.131 e. The SMILES string of the molecule is CCCCCC1CCC2CC(c3cc(F)c4cc(F)ccc4c3)CCC2C1. The minimum absolute atomic E-state index is 0.274. The van der Waals surface area contributed by atoms with Crippen LogP contribution < -0.4 is 0 Å². The van der Waals surface area contributed by atoms with E-state index in [4.69, 9.17) is 0 Å². The Bertz CT molecular complexity index is 781. The second-order valence-corrected chi connectivity index (χ2v) is 9.07. The van der Waals surface area contributed by atoms with E-state index in [1.54, 1.807) is 12.1 Å². The summed E-state index contributed by atoms with van der Waals surface area (Å²) >= 11 is 0. The fraction of sp³-hybridized carbons (Fsp3) is 0.600. The molecule has 4 atom stereocenters. The summed E-state index contributed by atoms with van der Waals surface area (Å²) in [5, 5.41) is 1.23. The molecule has 0 amide bonds. The first-order valence-corrected chi connectivity index (χ1v) is 11.0. The van der Waals surface area contributed by atoms with E-state index in [9.17, 15) is 8.78 Å². The first kappa shape index (κ1) is 18.9. The average Bonchev–Trinajstić information content (AvgIpc) is 2.68. The van der Waals surface area contributed by atoms with Crippen LogP contribution in [0.3, 0.4) is 0 Å². The van der Waals surface area contributed by atoms with Crippen LogP contribution in [0.25, 0.3) is 10.8 Å². The molecule has 2 fully saturated rings. The maximum atomic E-state index is 14.5. The van der Waals surface area contributed by atoms with E-state index in [1.165, 1.54) is 76.3 Å². The topological polar surface area (TPSA) is 0 Å². The van der Waals surface area contributed by atoms with Crippen LogP contribution in [-0.4, -0.2) is 0 Å². The van der Waals surface area contributed by atoms with Crippen LogP contribution in [0.2, 0.25) is 0 Å². The van der Waals surface area contributed by atoms with Crippen molar-refractivity contribution in [3.8, 4) is 0 Å². The van der Waals surface area contributed by atoms with Crippen LogP contribution >= 0.6 is 0 Å². The first-order valence-electron chi connectivity index (χ1n) is 11.0. The van der Waals surface area contributed by atoms with Gasteiger partial charge in [-0.2, -0.15) is 0 Å². The number of halogens is 2. The Hall–Kier alpha value is -1.44. The number of hydrogen-bond donors (Lipinski definition) is 0.